The molecule has 0 saturated carbocycles. The third kappa shape index (κ3) is 9.50. The second kappa shape index (κ2) is 16.1. The second-order valence-electron chi connectivity index (χ2n) is 9.00. The number of esters is 1. The summed E-state index contributed by atoms with van der Waals surface area (Å²) in [6, 6.07) is 6.61. The summed E-state index contributed by atoms with van der Waals surface area (Å²) >= 11 is 0. The van der Waals surface area contributed by atoms with E-state index < -0.39 is 36.9 Å². The molecule has 0 aliphatic carbocycles. The Morgan fingerprint density at radius 1 is 0.824 bits per heavy atom. The van der Waals surface area contributed by atoms with Gasteiger partial charge in [-0.05, 0) is 12.5 Å². The lowest BCUT2D eigenvalue weighted by molar-refractivity contribution is -0.324. The van der Waals surface area contributed by atoms with Crippen LogP contribution in [0.1, 0.15) is 89.5 Å². The second-order valence-corrected chi connectivity index (χ2v) is 9.00. The maximum absolute atomic E-state index is 12.2. The Balaban J connectivity index is 1.69. The van der Waals surface area contributed by atoms with Crippen molar-refractivity contribution in [3.8, 4) is 5.75 Å². The normalized spacial score (nSPS) is 24.7. The molecule has 5 atom stereocenters. The number of aliphatic hydroxyl groups is 4. The summed E-state index contributed by atoms with van der Waals surface area (Å²) in [5.74, 6) is -0.290. The largest absolute Gasteiger partial charge is 0.461 e. The molecular formula is C26H42O8. The van der Waals surface area contributed by atoms with Crippen molar-refractivity contribution >= 4 is 5.97 Å². The average Bonchev–Trinajstić information content (AvgIpc) is 2.84. The van der Waals surface area contributed by atoms with E-state index in [2.05, 4.69) is 6.92 Å². The van der Waals surface area contributed by atoms with Crippen molar-refractivity contribution in [3.05, 3.63) is 29.8 Å². The van der Waals surface area contributed by atoms with Crippen molar-refractivity contribution in [1.82, 2.24) is 0 Å². The molecule has 0 unspecified atom stereocenters. The lowest BCUT2D eigenvalue weighted by Gasteiger charge is -2.39. The molecule has 1 saturated heterocycles. The first-order valence-electron chi connectivity index (χ1n) is 12.7. The van der Waals surface area contributed by atoms with E-state index in [1.54, 1.807) is 24.3 Å². The molecule has 1 fully saturated rings. The zero-order chi connectivity index (χ0) is 24.8. The number of carbonyl (C=O) groups excluding carboxylic acids is 1. The Hall–Kier alpha value is -1.71. The highest BCUT2D eigenvalue weighted by Gasteiger charge is 2.47. The van der Waals surface area contributed by atoms with E-state index in [1.807, 2.05) is 0 Å². The number of benzene rings is 1. The number of unbranched alkanes of at least 4 members (excludes halogenated alkanes) is 10. The fourth-order valence-corrected chi connectivity index (χ4v) is 4.01. The van der Waals surface area contributed by atoms with Crippen LogP contribution in [-0.4, -0.2) is 57.3 Å². The zero-order valence-corrected chi connectivity index (χ0v) is 20.3. The Morgan fingerprint density at radius 3 is 2.00 bits per heavy atom. The quantitative estimate of drug-likeness (QED) is 0.208. The summed E-state index contributed by atoms with van der Waals surface area (Å²) in [7, 11) is 0. The lowest BCUT2D eigenvalue weighted by atomic mass is 10.0. The molecule has 1 aliphatic rings. The number of hydrogen-bond acceptors (Lipinski definition) is 8. The topological polar surface area (TPSA) is 126 Å². The van der Waals surface area contributed by atoms with Crippen molar-refractivity contribution in [3.63, 3.8) is 0 Å². The molecule has 0 aromatic heterocycles. The van der Waals surface area contributed by atoms with Gasteiger partial charge in [0.2, 0.25) is 12.6 Å². The van der Waals surface area contributed by atoms with Crippen LogP contribution < -0.4 is 4.74 Å². The molecule has 8 nitrogen and oxygen atoms in total. The Kier molecular flexibility index (Phi) is 13.5. The zero-order valence-electron chi connectivity index (χ0n) is 20.3. The van der Waals surface area contributed by atoms with Crippen LogP contribution in [0.15, 0.2) is 24.3 Å². The number of para-hydroxylation sites is 1. The fraction of sp³-hybridized carbons (Fsp3) is 0.731. The van der Waals surface area contributed by atoms with E-state index in [4.69, 9.17) is 14.2 Å². The summed E-state index contributed by atoms with van der Waals surface area (Å²) in [6.07, 6.45) is 5.38. The van der Waals surface area contributed by atoms with Crippen molar-refractivity contribution in [2.45, 2.75) is 121 Å². The van der Waals surface area contributed by atoms with Gasteiger partial charge >= 0.3 is 5.97 Å². The lowest BCUT2D eigenvalue weighted by Crippen LogP contribution is -2.60. The van der Waals surface area contributed by atoms with Gasteiger partial charge in [-0.25, -0.2) is 0 Å². The molecule has 194 valence electrons. The van der Waals surface area contributed by atoms with Gasteiger partial charge in [-0.3, -0.25) is 9.53 Å². The van der Waals surface area contributed by atoms with Gasteiger partial charge in [0.25, 0.3) is 0 Å². The van der Waals surface area contributed by atoms with E-state index in [9.17, 15) is 25.2 Å². The van der Waals surface area contributed by atoms with Crippen LogP contribution in [-0.2, 0) is 20.9 Å². The molecular weight excluding hydrogens is 440 g/mol. The van der Waals surface area contributed by atoms with Gasteiger partial charge in [0, 0.05) is 12.0 Å². The molecule has 1 aliphatic heterocycles. The van der Waals surface area contributed by atoms with Gasteiger partial charge in [0.05, 0.1) is 6.61 Å². The highest BCUT2D eigenvalue weighted by atomic mass is 16.8. The van der Waals surface area contributed by atoms with E-state index in [0.717, 1.165) is 19.3 Å². The monoisotopic (exact) mass is 482 g/mol. The minimum atomic E-state index is -1.63. The van der Waals surface area contributed by atoms with Gasteiger partial charge in [-0.15, -0.1) is 0 Å². The van der Waals surface area contributed by atoms with Crippen LogP contribution in [0.2, 0.25) is 0 Å². The average molecular weight is 483 g/mol. The molecule has 0 bridgehead atoms. The maximum Gasteiger partial charge on any atom is 0.308 e. The third-order valence-electron chi connectivity index (χ3n) is 6.14. The molecule has 0 amide bonds. The first kappa shape index (κ1) is 28.5. The first-order valence-corrected chi connectivity index (χ1v) is 12.7. The van der Waals surface area contributed by atoms with Crippen molar-refractivity contribution in [2.24, 2.45) is 0 Å². The highest BCUT2D eigenvalue weighted by Crippen LogP contribution is 2.27. The summed E-state index contributed by atoms with van der Waals surface area (Å²) in [5, 5.41) is 40.1. The Bertz CT molecular complexity index is 697. The van der Waals surface area contributed by atoms with Crippen molar-refractivity contribution < 1.29 is 39.4 Å². The molecule has 0 radical (unpaired) electrons. The summed E-state index contributed by atoms with van der Waals surface area (Å²) < 4.78 is 16.3. The molecule has 4 N–H and O–H groups in total. The predicted molar refractivity (Wildman–Crippen MR) is 127 cm³/mol. The number of rotatable bonds is 16. The van der Waals surface area contributed by atoms with E-state index in [0.29, 0.717) is 12.0 Å². The van der Waals surface area contributed by atoms with E-state index in [1.165, 1.54) is 44.9 Å². The molecule has 8 heteroatoms. The predicted octanol–water partition coefficient (Wildman–Crippen LogP) is 3.57. The van der Waals surface area contributed by atoms with Crippen molar-refractivity contribution in [2.75, 3.05) is 0 Å². The van der Waals surface area contributed by atoms with E-state index >= 15 is 0 Å². The molecule has 1 aromatic rings. The fourth-order valence-electron chi connectivity index (χ4n) is 4.01. The minimum Gasteiger partial charge on any atom is -0.461 e. The van der Waals surface area contributed by atoms with Crippen LogP contribution in [0.4, 0.5) is 0 Å². The van der Waals surface area contributed by atoms with Gasteiger partial charge in [-0.2, -0.15) is 0 Å². The minimum absolute atomic E-state index is 0.182. The van der Waals surface area contributed by atoms with Crippen LogP contribution >= 0.6 is 0 Å². The Morgan fingerprint density at radius 2 is 1.38 bits per heavy atom. The number of ether oxygens (including phenoxy) is 3. The maximum atomic E-state index is 12.2. The SMILES string of the molecule is CCCCCCCCCCCCCC(=O)O[C@H]1O[C@@H](Oc2ccccc2CO)[C@H](O)[C@@H](O)[C@@H]1O. The molecule has 34 heavy (non-hydrogen) atoms. The van der Waals surface area contributed by atoms with Gasteiger partial charge in [0.1, 0.15) is 24.1 Å². The molecule has 1 aromatic carbocycles. The van der Waals surface area contributed by atoms with Gasteiger partial charge < -0.3 is 29.9 Å². The van der Waals surface area contributed by atoms with Crippen molar-refractivity contribution in [1.29, 1.82) is 0 Å². The van der Waals surface area contributed by atoms with Gasteiger partial charge in [0.15, 0.2) is 0 Å². The Labute approximate surface area is 202 Å². The van der Waals surface area contributed by atoms with E-state index in [-0.39, 0.29) is 18.8 Å². The molecule has 2 rings (SSSR count). The summed E-state index contributed by atoms with van der Waals surface area (Å²) in [5.41, 5.74) is 0.462. The molecule has 0 spiro atoms. The van der Waals surface area contributed by atoms with Crippen LogP contribution in [0.25, 0.3) is 0 Å². The van der Waals surface area contributed by atoms with Crippen LogP contribution in [0, 0.1) is 0 Å². The number of aliphatic hydroxyl groups excluding tert-OH is 4. The number of hydrogen-bond donors (Lipinski definition) is 4. The third-order valence-corrected chi connectivity index (χ3v) is 6.14. The first-order chi connectivity index (χ1) is 16.5. The number of carbonyl (C=O) groups is 1. The van der Waals surface area contributed by atoms with Crippen LogP contribution in [0.3, 0.4) is 0 Å². The van der Waals surface area contributed by atoms with Crippen LogP contribution in [0.5, 0.6) is 5.75 Å². The molecule has 1 heterocycles. The summed E-state index contributed by atoms with van der Waals surface area (Å²) in [4.78, 5) is 12.2. The smallest absolute Gasteiger partial charge is 0.308 e. The standard InChI is InChI=1S/C26H42O8/c1-2-3-4-5-6-7-8-9-10-11-12-17-21(28)33-26-24(31)22(29)23(30)25(34-26)32-20-16-14-13-15-19(20)18-27/h13-16,22-27,29-31H,2-12,17-18H2,1H3/t22-,23-,24+,25-,26+/m1/s1. The van der Waals surface area contributed by atoms with Gasteiger partial charge in [-0.1, -0.05) is 89.3 Å². The summed E-state index contributed by atoms with van der Waals surface area (Å²) in [6.45, 7) is 1.93. The highest BCUT2D eigenvalue weighted by molar-refractivity contribution is 5.69.